The number of amides is 1. The molecule has 0 aromatic carbocycles. The standard InChI is InChI=1S/C10H12BrN5O/c1-2-16-6-7(4-14-16)3-12-10(17)9-8(11)5-13-15-9/h4-6H,2-3H2,1H3,(H,12,17)(H,13,15). The molecule has 7 heteroatoms. The normalized spacial score (nSPS) is 10.5. The van der Waals surface area contributed by atoms with Gasteiger partial charge in [-0.1, -0.05) is 0 Å². The maximum Gasteiger partial charge on any atom is 0.270 e. The molecule has 6 nitrogen and oxygen atoms in total. The van der Waals surface area contributed by atoms with Crippen molar-refractivity contribution in [1.82, 2.24) is 25.3 Å². The molecule has 0 aliphatic carbocycles. The number of hydrogen-bond donors (Lipinski definition) is 2. The number of H-pyrrole nitrogens is 1. The number of carbonyl (C=O) groups excluding carboxylic acids is 1. The fourth-order valence-corrected chi connectivity index (χ4v) is 1.74. The van der Waals surface area contributed by atoms with Crippen LogP contribution in [0.1, 0.15) is 23.0 Å². The highest BCUT2D eigenvalue weighted by atomic mass is 79.9. The molecule has 2 N–H and O–H groups in total. The first-order valence-corrected chi connectivity index (χ1v) is 5.98. The molecule has 0 bridgehead atoms. The van der Waals surface area contributed by atoms with Gasteiger partial charge in [0, 0.05) is 24.8 Å². The van der Waals surface area contributed by atoms with E-state index in [1.165, 1.54) is 0 Å². The average Bonchev–Trinajstić information content (AvgIpc) is 2.94. The summed E-state index contributed by atoms with van der Waals surface area (Å²) in [6, 6.07) is 0. The summed E-state index contributed by atoms with van der Waals surface area (Å²) in [5.74, 6) is -0.196. The van der Waals surface area contributed by atoms with Crippen molar-refractivity contribution >= 4 is 21.8 Å². The zero-order chi connectivity index (χ0) is 12.3. The fraction of sp³-hybridized carbons (Fsp3) is 0.300. The maximum absolute atomic E-state index is 11.7. The quantitative estimate of drug-likeness (QED) is 0.894. The molecule has 0 unspecified atom stereocenters. The van der Waals surface area contributed by atoms with E-state index in [1.54, 1.807) is 12.4 Å². The van der Waals surface area contributed by atoms with Gasteiger partial charge in [-0.2, -0.15) is 10.2 Å². The van der Waals surface area contributed by atoms with Crippen molar-refractivity contribution in [3.05, 3.63) is 34.3 Å². The number of carbonyl (C=O) groups is 1. The molecule has 0 fully saturated rings. The van der Waals surface area contributed by atoms with E-state index < -0.39 is 0 Å². The summed E-state index contributed by atoms with van der Waals surface area (Å²) in [6.45, 7) is 3.28. The van der Waals surface area contributed by atoms with Gasteiger partial charge in [0.15, 0.2) is 0 Å². The van der Waals surface area contributed by atoms with Crippen LogP contribution in [0.15, 0.2) is 23.1 Å². The summed E-state index contributed by atoms with van der Waals surface area (Å²) >= 11 is 3.24. The highest BCUT2D eigenvalue weighted by molar-refractivity contribution is 9.10. The van der Waals surface area contributed by atoms with Gasteiger partial charge in [-0.3, -0.25) is 14.6 Å². The van der Waals surface area contributed by atoms with Crippen molar-refractivity contribution in [3.63, 3.8) is 0 Å². The van der Waals surface area contributed by atoms with Gasteiger partial charge in [-0.05, 0) is 22.9 Å². The number of hydrogen-bond acceptors (Lipinski definition) is 3. The summed E-state index contributed by atoms with van der Waals surface area (Å²) in [5.41, 5.74) is 1.39. The van der Waals surface area contributed by atoms with E-state index >= 15 is 0 Å². The van der Waals surface area contributed by atoms with Gasteiger partial charge < -0.3 is 5.32 Å². The minimum Gasteiger partial charge on any atom is -0.346 e. The topological polar surface area (TPSA) is 75.6 Å². The van der Waals surface area contributed by atoms with E-state index in [0.717, 1.165) is 12.1 Å². The van der Waals surface area contributed by atoms with E-state index in [9.17, 15) is 4.79 Å². The van der Waals surface area contributed by atoms with Crippen LogP contribution in [-0.2, 0) is 13.1 Å². The van der Waals surface area contributed by atoms with E-state index in [2.05, 4.69) is 36.5 Å². The van der Waals surface area contributed by atoms with Crippen LogP contribution in [0.2, 0.25) is 0 Å². The zero-order valence-electron chi connectivity index (χ0n) is 9.27. The first-order chi connectivity index (χ1) is 8.20. The van der Waals surface area contributed by atoms with Crippen molar-refractivity contribution in [2.45, 2.75) is 20.0 Å². The van der Waals surface area contributed by atoms with Gasteiger partial charge in [-0.15, -0.1) is 0 Å². The zero-order valence-corrected chi connectivity index (χ0v) is 10.9. The van der Waals surface area contributed by atoms with Crippen LogP contribution >= 0.6 is 15.9 Å². The predicted molar refractivity (Wildman–Crippen MR) is 65.4 cm³/mol. The Kier molecular flexibility index (Phi) is 3.58. The Morgan fingerprint density at radius 1 is 1.59 bits per heavy atom. The molecule has 90 valence electrons. The molecule has 0 atom stereocenters. The smallest absolute Gasteiger partial charge is 0.270 e. The molecule has 1 amide bonds. The highest BCUT2D eigenvalue weighted by Crippen LogP contribution is 2.12. The Labute approximate surface area is 107 Å². The van der Waals surface area contributed by atoms with Crippen molar-refractivity contribution in [1.29, 1.82) is 0 Å². The number of aryl methyl sites for hydroxylation is 1. The maximum atomic E-state index is 11.7. The molecule has 0 saturated carbocycles. The van der Waals surface area contributed by atoms with Crippen LogP contribution in [0.4, 0.5) is 0 Å². The molecule has 0 saturated heterocycles. The van der Waals surface area contributed by atoms with Gasteiger partial charge in [0.2, 0.25) is 0 Å². The Bertz CT molecular complexity index is 518. The van der Waals surface area contributed by atoms with Crippen LogP contribution in [0.5, 0.6) is 0 Å². The molecule has 0 aliphatic heterocycles. The molecule has 2 aromatic rings. The fourth-order valence-electron chi connectivity index (χ4n) is 1.37. The molecule has 17 heavy (non-hydrogen) atoms. The largest absolute Gasteiger partial charge is 0.346 e. The van der Waals surface area contributed by atoms with Gasteiger partial charge in [-0.25, -0.2) is 0 Å². The summed E-state index contributed by atoms with van der Waals surface area (Å²) in [4.78, 5) is 11.7. The minimum atomic E-state index is -0.196. The van der Waals surface area contributed by atoms with Crippen LogP contribution in [0, 0.1) is 0 Å². The molecule has 0 radical (unpaired) electrons. The van der Waals surface area contributed by atoms with Crippen LogP contribution in [0.25, 0.3) is 0 Å². The van der Waals surface area contributed by atoms with Crippen LogP contribution in [-0.4, -0.2) is 25.9 Å². The number of rotatable bonds is 4. The summed E-state index contributed by atoms with van der Waals surface area (Å²) in [6.07, 6.45) is 5.19. The summed E-state index contributed by atoms with van der Waals surface area (Å²) in [5, 5.41) is 13.3. The number of aromatic nitrogens is 4. The molecular weight excluding hydrogens is 286 g/mol. The monoisotopic (exact) mass is 297 g/mol. The molecule has 2 aromatic heterocycles. The number of halogens is 1. The third kappa shape index (κ3) is 2.73. The first-order valence-electron chi connectivity index (χ1n) is 5.19. The second kappa shape index (κ2) is 5.13. The van der Waals surface area contributed by atoms with Crippen LogP contribution < -0.4 is 5.32 Å². The van der Waals surface area contributed by atoms with Gasteiger partial charge >= 0.3 is 0 Å². The number of nitrogens with one attached hydrogen (secondary N) is 2. The van der Waals surface area contributed by atoms with Crippen LogP contribution in [0.3, 0.4) is 0 Å². The second-order valence-electron chi connectivity index (χ2n) is 3.48. The predicted octanol–water partition coefficient (Wildman–Crippen LogP) is 1.32. The molecule has 2 heterocycles. The third-order valence-corrected chi connectivity index (χ3v) is 2.89. The Balaban J connectivity index is 1.94. The van der Waals surface area contributed by atoms with Crippen molar-refractivity contribution in [3.8, 4) is 0 Å². The Hall–Kier alpha value is -1.63. The van der Waals surface area contributed by atoms with E-state index in [1.807, 2.05) is 17.8 Å². The van der Waals surface area contributed by atoms with Gasteiger partial charge in [0.25, 0.3) is 5.91 Å². The van der Waals surface area contributed by atoms with E-state index in [-0.39, 0.29) is 5.91 Å². The van der Waals surface area contributed by atoms with Crippen molar-refractivity contribution in [2.24, 2.45) is 0 Å². The second-order valence-corrected chi connectivity index (χ2v) is 4.33. The van der Waals surface area contributed by atoms with Gasteiger partial charge in [0.05, 0.1) is 16.9 Å². The number of aromatic amines is 1. The molecule has 2 rings (SSSR count). The molecule has 0 spiro atoms. The van der Waals surface area contributed by atoms with Crippen molar-refractivity contribution in [2.75, 3.05) is 0 Å². The van der Waals surface area contributed by atoms with E-state index in [0.29, 0.717) is 16.7 Å². The molecule has 0 aliphatic rings. The minimum absolute atomic E-state index is 0.196. The lowest BCUT2D eigenvalue weighted by molar-refractivity contribution is 0.0945. The first kappa shape index (κ1) is 11.8. The lowest BCUT2D eigenvalue weighted by Crippen LogP contribution is -2.23. The SMILES string of the molecule is CCn1cc(CNC(=O)c2[nH]ncc2Br)cn1. The third-order valence-electron chi connectivity index (χ3n) is 2.28. The number of nitrogens with zero attached hydrogens (tertiary/aromatic N) is 3. The lowest BCUT2D eigenvalue weighted by atomic mass is 10.3. The van der Waals surface area contributed by atoms with E-state index in [4.69, 9.17) is 0 Å². The lowest BCUT2D eigenvalue weighted by Gasteiger charge is -2.01. The van der Waals surface area contributed by atoms with Crippen molar-refractivity contribution < 1.29 is 4.79 Å². The highest BCUT2D eigenvalue weighted by Gasteiger charge is 2.11. The Morgan fingerprint density at radius 2 is 2.41 bits per heavy atom. The average molecular weight is 298 g/mol. The Morgan fingerprint density at radius 3 is 3.00 bits per heavy atom. The molecular formula is C10H12BrN5O. The van der Waals surface area contributed by atoms with Gasteiger partial charge in [0.1, 0.15) is 5.69 Å². The summed E-state index contributed by atoms with van der Waals surface area (Å²) < 4.78 is 2.47. The summed E-state index contributed by atoms with van der Waals surface area (Å²) in [7, 11) is 0.